The highest BCUT2D eigenvalue weighted by atomic mass is 19.1. The van der Waals surface area contributed by atoms with Crippen LogP contribution in [0.4, 0.5) is 16.3 Å². The molecule has 1 N–H and O–H groups in total. The lowest BCUT2D eigenvalue weighted by molar-refractivity contribution is 0.387. The minimum atomic E-state index is -0.488. The van der Waals surface area contributed by atoms with Crippen LogP contribution in [-0.4, -0.2) is 42.7 Å². The van der Waals surface area contributed by atoms with Crippen LogP contribution in [0.25, 0.3) is 11.4 Å². The Morgan fingerprint density at radius 3 is 2.62 bits per heavy atom. The Hall–Kier alpha value is -2.44. The quantitative estimate of drug-likeness (QED) is 0.911. The molecule has 7 heteroatoms. The number of anilines is 2. The summed E-state index contributed by atoms with van der Waals surface area (Å²) in [5.41, 5.74) is 0.277. The van der Waals surface area contributed by atoms with Gasteiger partial charge in [-0.1, -0.05) is 6.07 Å². The molecule has 0 saturated carbocycles. The number of nitrogens with one attached hydrogen (secondary N) is 1. The summed E-state index contributed by atoms with van der Waals surface area (Å²) in [6.07, 6.45) is 0. The van der Waals surface area contributed by atoms with Crippen molar-refractivity contribution in [2.24, 2.45) is 0 Å². The first kappa shape index (κ1) is 15.0. The monoisotopic (exact) mass is 291 g/mol. The zero-order valence-corrected chi connectivity index (χ0v) is 12.5. The lowest BCUT2D eigenvalue weighted by atomic mass is 10.2. The van der Waals surface area contributed by atoms with E-state index >= 15 is 0 Å². The van der Waals surface area contributed by atoms with E-state index in [0.717, 1.165) is 0 Å². The Morgan fingerprint density at radius 1 is 1.24 bits per heavy atom. The van der Waals surface area contributed by atoms with Gasteiger partial charge in [0, 0.05) is 20.6 Å². The molecule has 2 rings (SSSR count). The van der Waals surface area contributed by atoms with Crippen LogP contribution in [0.3, 0.4) is 0 Å². The van der Waals surface area contributed by atoms with Crippen molar-refractivity contribution >= 4 is 11.9 Å². The summed E-state index contributed by atoms with van der Waals surface area (Å²) in [4.78, 5) is 14.5. The van der Waals surface area contributed by atoms with Crippen molar-refractivity contribution in [1.29, 1.82) is 0 Å². The van der Waals surface area contributed by atoms with Gasteiger partial charge in [-0.15, -0.1) is 0 Å². The van der Waals surface area contributed by atoms with Gasteiger partial charge in [0.25, 0.3) is 0 Å². The molecule has 0 saturated heterocycles. The summed E-state index contributed by atoms with van der Waals surface area (Å²) in [6.45, 7) is 2.60. The highest BCUT2D eigenvalue weighted by Gasteiger charge is 2.16. The number of halogens is 1. The lowest BCUT2D eigenvalue weighted by Crippen LogP contribution is -2.16. The third-order valence-corrected chi connectivity index (χ3v) is 2.78. The van der Waals surface area contributed by atoms with E-state index in [-0.39, 0.29) is 17.1 Å². The fraction of sp³-hybridized carbons (Fsp3) is 0.357. The van der Waals surface area contributed by atoms with E-state index in [9.17, 15) is 4.39 Å². The van der Waals surface area contributed by atoms with Crippen molar-refractivity contribution in [1.82, 2.24) is 15.0 Å². The topological polar surface area (TPSA) is 63.2 Å². The third kappa shape index (κ3) is 3.18. The maximum atomic E-state index is 14.3. The predicted octanol–water partition coefficient (Wildman–Crippen LogP) is 2.18. The van der Waals surface area contributed by atoms with E-state index in [1.807, 2.05) is 21.0 Å². The molecule has 0 spiro atoms. The van der Waals surface area contributed by atoms with Crippen molar-refractivity contribution in [3.63, 3.8) is 0 Å². The highest BCUT2D eigenvalue weighted by molar-refractivity contribution is 5.61. The first-order valence-electron chi connectivity index (χ1n) is 6.57. The number of aromatic nitrogens is 3. The molecular weight excluding hydrogens is 273 g/mol. The number of ether oxygens (including phenoxy) is 1. The van der Waals surface area contributed by atoms with Gasteiger partial charge in [0.05, 0.1) is 12.7 Å². The second kappa shape index (κ2) is 6.34. The van der Waals surface area contributed by atoms with E-state index in [1.165, 1.54) is 7.11 Å². The van der Waals surface area contributed by atoms with E-state index in [1.54, 1.807) is 23.1 Å². The predicted molar refractivity (Wildman–Crippen MR) is 80.3 cm³/mol. The molecule has 0 unspecified atom stereocenters. The Morgan fingerprint density at radius 2 is 2.00 bits per heavy atom. The number of methoxy groups -OCH3 is 1. The van der Waals surface area contributed by atoms with Gasteiger partial charge in [-0.3, -0.25) is 0 Å². The lowest BCUT2D eigenvalue weighted by Gasteiger charge is -2.14. The van der Waals surface area contributed by atoms with E-state index in [0.29, 0.717) is 18.4 Å². The molecule has 21 heavy (non-hydrogen) atoms. The standard InChI is InChI=1S/C14H18FN5O/c1-5-16-13-17-12(18-14(19-13)20(2)3)9-7-6-8-10(21-4)11(9)15/h6-8H,5H2,1-4H3,(H,16,17,18,19). The van der Waals surface area contributed by atoms with Crippen LogP contribution >= 0.6 is 0 Å². The second-order valence-corrected chi connectivity index (χ2v) is 4.53. The third-order valence-electron chi connectivity index (χ3n) is 2.78. The molecule has 0 atom stereocenters. The molecule has 1 aromatic carbocycles. The Bertz CT molecular complexity index is 633. The zero-order valence-electron chi connectivity index (χ0n) is 12.5. The van der Waals surface area contributed by atoms with Gasteiger partial charge in [-0.05, 0) is 19.1 Å². The van der Waals surface area contributed by atoms with Crippen LogP contribution < -0.4 is 15.0 Å². The summed E-state index contributed by atoms with van der Waals surface area (Å²) >= 11 is 0. The zero-order chi connectivity index (χ0) is 15.4. The smallest absolute Gasteiger partial charge is 0.230 e. The van der Waals surface area contributed by atoms with Crippen LogP contribution in [-0.2, 0) is 0 Å². The minimum absolute atomic E-state index is 0.157. The normalized spacial score (nSPS) is 10.3. The van der Waals surface area contributed by atoms with Crippen LogP contribution in [0.1, 0.15) is 6.92 Å². The van der Waals surface area contributed by atoms with Crippen molar-refractivity contribution in [3.8, 4) is 17.1 Å². The molecule has 0 bridgehead atoms. The fourth-order valence-electron chi connectivity index (χ4n) is 1.76. The molecule has 0 aliphatic rings. The Labute approximate surface area is 123 Å². The molecule has 0 aliphatic heterocycles. The van der Waals surface area contributed by atoms with E-state index < -0.39 is 5.82 Å². The minimum Gasteiger partial charge on any atom is -0.494 e. The van der Waals surface area contributed by atoms with Gasteiger partial charge in [-0.2, -0.15) is 15.0 Å². The summed E-state index contributed by atoms with van der Waals surface area (Å²) in [7, 11) is 5.05. The number of benzene rings is 1. The number of nitrogens with zero attached hydrogens (tertiary/aromatic N) is 4. The molecular formula is C14H18FN5O. The van der Waals surface area contributed by atoms with Crippen LogP contribution in [0, 0.1) is 5.82 Å². The molecule has 0 aliphatic carbocycles. The maximum absolute atomic E-state index is 14.3. The first-order chi connectivity index (χ1) is 10.1. The highest BCUT2D eigenvalue weighted by Crippen LogP contribution is 2.27. The average molecular weight is 291 g/mol. The summed E-state index contributed by atoms with van der Waals surface area (Å²) in [5, 5.41) is 3.02. The second-order valence-electron chi connectivity index (χ2n) is 4.53. The van der Waals surface area contributed by atoms with Gasteiger partial charge < -0.3 is 15.0 Å². The average Bonchev–Trinajstić information content (AvgIpc) is 2.47. The van der Waals surface area contributed by atoms with E-state index in [4.69, 9.17) is 4.74 Å². The molecule has 0 radical (unpaired) electrons. The number of hydrogen-bond acceptors (Lipinski definition) is 6. The Balaban J connectivity index is 2.57. The van der Waals surface area contributed by atoms with Crippen molar-refractivity contribution in [3.05, 3.63) is 24.0 Å². The number of hydrogen-bond donors (Lipinski definition) is 1. The fourth-order valence-corrected chi connectivity index (χ4v) is 1.76. The summed E-state index contributed by atoms with van der Waals surface area (Å²) < 4.78 is 19.3. The SMILES string of the molecule is CCNc1nc(-c2cccc(OC)c2F)nc(N(C)C)n1. The summed E-state index contributed by atoms with van der Waals surface area (Å²) in [6, 6.07) is 4.86. The first-order valence-corrected chi connectivity index (χ1v) is 6.57. The summed E-state index contributed by atoms with van der Waals surface area (Å²) in [5.74, 6) is 0.801. The molecule has 1 aromatic heterocycles. The molecule has 1 heterocycles. The van der Waals surface area contributed by atoms with E-state index in [2.05, 4.69) is 20.3 Å². The maximum Gasteiger partial charge on any atom is 0.230 e. The van der Waals surface area contributed by atoms with Crippen LogP contribution in [0.2, 0.25) is 0 Å². The van der Waals surface area contributed by atoms with Crippen molar-refractivity contribution in [2.75, 3.05) is 38.0 Å². The number of rotatable bonds is 5. The molecule has 6 nitrogen and oxygen atoms in total. The molecule has 112 valence electrons. The van der Waals surface area contributed by atoms with Gasteiger partial charge in [0.2, 0.25) is 11.9 Å². The largest absolute Gasteiger partial charge is 0.494 e. The van der Waals surface area contributed by atoms with Gasteiger partial charge in [-0.25, -0.2) is 4.39 Å². The molecule has 2 aromatic rings. The van der Waals surface area contributed by atoms with Gasteiger partial charge in [0.15, 0.2) is 17.4 Å². The molecule has 0 fully saturated rings. The Kier molecular flexibility index (Phi) is 4.52. The van der Waals surface area contributed by atoms with Crippen LogP contribution in [0.5, 0.6) is 5.75 Å². The van der Waals surface area contributed by atoms with Crippen molar-refractivity contribution in [2.45, 2.75) is 6.92 Å². The van der Waals surface area contributed by atoms with Crippen molar-refractivity contribution < 1.29 is 9.13 Å². The van der Waals surface area contributed by atoms with Gasteiger partial charge in [0.1, 0.15) is 0 Å². The molecule has 0 amide bonds. The van der Waals surface area contributed by atoms with Gasteiger partial charge >= 0.3 is 0 Å². The van der Waals surface area contributed by atoms with Crippen LogP contribution in [0.15, 0.2) is 18.2 Å².